The molecule has 0 aliphatic carbocycles. The van der Waals surface area contributed by atoms with E-state index in [1.165, 1.54) is 23.8 Å². The highest BCUT2D eigenvalue weighted by Crippen LogP contribution is 2.37. The van der Waals surface area contributed by atoms with E-state index in [4.69, 9.17) is 0 Å². The summed E-state index contributed by atoms with van der Waals surface area (Å²) in [5.41, 5.74) is 0.519. The number of ether oxygens (including phenoxy) is 1. The van der Waals surface area contributed by atoms with Gasteiger partial charge in [0.25, 0.3) is 5.91 Å². The Bertz CT molecular complexity index is 577. The van der Waals surface area contributed by atoms with E-state index < -0.39 is 23.4 Å². The van der Waals surface area contributed by atoms with Crippen LogP contribution < -0.4 is 4.90 Å². The van der Waals surface area contributed by atoms with E-state index in [-0.39, 0.29) is 5.91 Å². The minimum Gasteiger partial charge on any atom is -0.467 e. The van der Waals surface area contributed by atoms with Crippen molar-refractivity contribution >= 4 is 35.4 Å². The molecule has 2 aliphatic heterocycles. The average molecular weight is 292 g/mol. The van der Waals surface area contributed by atoms with Crippen LogP contribution in [0, 0.1) is 0 Å². The number of amides is 3. The monoisotopic (exact) mass is 292 g/mol. The quantitative estimate of drug-likeness (QED) is 0.602. The Morgan fingerprint density at radius 3 is 2.65 bits per heavy atom. The van der Waals surface area contributed by atoms with Crippen LogP contribution in [-0.4, -0.2) is 47.1 Å². The van der Waals surface area contributed by atoms with Crippen LogP contribution in [0.15, 0.2) is 30.3 Å². The van der Waals surface area contributed by atoms with Gasteiger partial charge in [0, 0.05) is 5.75 Å². The molecule has 6 nitrogen and oxygen atoms in total. The summed E-state index contributed by atoms with van der Waals surface area (Å²) in [6.45, 7) is 0. The van der Waals surface area contributed by atoms with Gasteiger partial charge in [-0.05, 0) is 12.1 Å². The minimum atomic E-state index is -0.741. The molecular weight excluding hydrogens is 280 g/mol. The lowest BCUT2D eigenvalue weighted by molar-refractivity contribution is -0.142. The van der Waals surface area contributed by atoms with Crippen LogP contribution in [0.3, 0.4) is 0 Å². The molecule has 0 bridgehead atoms. The lowest BCUT2D eigenvalue weighted by Crippen LogP contribution is -2.41. The number of hydrogen-bond acceptors (Lipinski definition) is 5. The summed E-state index contributed by atoms with van der Waals surface area (Å²) in [5.74, 6) is -0.387. The molecule has 2 saturated heterocycles. The molecule has 0 aromatic heterocycles. The van der Waals surface area contributed by atoms with Crippen LogP contribution >= 0.6 is 11.8 Å². The number of carbonyl (C=O) groups is 3. The zero-order chi connectivity index (χ0) is 14.3. The van der Waals surface area contributed by atoms with E-state index >= 15 is 0 Å². The van der Waals surface area contributed by atoms with Gasteiger partial charge in [0.15, 0.2) is 5.37 Å². The first-order chi connectivity index (χ1) is 9.65. The van der Waals surface area contributed by atoms with Crippen molar-refractivity contribution in [3.8, 4) is 0 Å². The standard InChI is InChI=1S/C13H12N2O4S/c1-19-12(17)11-15-9(7-20-11)10(16)14(13(15)18)8-5-3-2-4-6-8/h2-6,9,11H,7H2,1H3/t9-,11+/m0/s1. The minimum absolute atomic E-state index is 0.292. The van der Waals surface area contributed by atoms with E-state index in [0.29, 0.717) is 11.4 Å². The number of rotatable bonds is 2. The Morgan fingerprint density at radius 1 is 1.30 bits per heavy atom. The van der Waals surface area contributed by atoms with Crippen molar-refractivity contribution in [1.82, 2.24) is 4.90 Å². The first-order valence-corrected chi connectivity index (χ1v) is 7.10. The third-order valence-corrected chi connectivity index (χ3v) is 4.58. The van der Waals surface area contributed by atoms with Gasteiger partial charge in [-0.15, -0.1) is 11.8 Å². The smallest absolute Gasteiger partial charge is 0.339 e. The molecule has 2 aliphatic rings. The zero-order valence-corrected chi connectivity index (χ0v) is 11.5. The Morgan fingerprint density at radius 2 is 2.00 bits per heavy atom. The average Bonchev–Trinajstić information content (AvgIpc) is 3.01. The van der Waals surface area contributed by atoms with Crippen LogP contribution in [0.4, 0.5) is 10.5 Å². The van der Waals surface area contributed by atoms with Gasteiger partial charge in [-0.2, -0.15) is 0 Å². The SMILES string of the molecule is COC(=O)[C@H]1SC[C@H]2C(=O)N(c3ccccc3)C(=O)N12. The molecule has 3 rings (SSSR count). The molecule has 3 amide bonds. The van der Waals surface area contributed by atoms with E-state index in [0.717, 1.165) is 4.90 Å². The van der Waals surface area contributed by atoms with Crippen LogP contribution in [0.5, 0.6) is 0 Å². The molecule has 0 spiro atoms. The van der Waals surface area contributed by atoms with Gasteiger partial charge in [-0.1, -0.05) is 18.2 Å². The van der Waals surface area contributed by atoms with Crippen LogP contribution in [0.2, 0.25) is 0 Å². The fourth-order valence-electron chi connectivity index (χ4n) is 2.39. The van der Waals surface area contributed by atoms with Crippen LogP contribution in [-0.2, 0) is 14.3 Å². The fourth-order valence-corrected chi connectivity index (χ4v) is 3.68. The second kappa shape index (κ2) is 4.82. The number of benzene rings is 1. The van der Waals surface area contributed by atoms with Gasteiger partial charge in [0.05, 0.1) is 12.8 Å². The summed E-state index contributed by atoms with van der Waals surface area (Å²) in [7, 11) is 1.27. The summed E-state index contributed by atoms with van der Waals surface area (Å²) in [5, 5.41) is -0.741. The first-order valence-electron chi connectivity index (χ1n) is 6.06. The fraction of sp³-hybridized carbons (Fsp3) is 0.308. The van der Waals surface area contributed by atoms with Crippen molar-refractivity contribution in [2.75, 3.05) is 17.8 Å². The Balaban J connectivity index is 1.94. The van der Waals surface area contributed by atoms with Gasteiger partial charge in [-0.3, -0.25) is 9.69 Å². The van der Waals surface area contributed by atoms with Crippen molar-refractivity contribution in [2.45, 2.75) is 11.4 Å². The molecule has 1 aromatic rings. The lowest BCUT2D eigenvalue weighted by atomic mass is 10.2. The summed E-state index contributed by atoms with van der Waals surface area (Å²) in [6.07, 6.45) is 0. The van der Waals surface area contributed by atoms with E-state index in [9.17, 15) is 14.4 Å². The zero-order valence-electron chi connectivity index (χ0n) is 10.7. The van der Waals surface area contributed by atoms with Gasteiger partial charge < -0.3 is 4.74 Å². The predicted molar refractivity (Wildman–Crippen MR) is 73.2 cm³/mol. The number of urea groups is 1. The van der Waals surface area contributed by atoms with Gasteiger partial charge in [0.1, 0.15) is 6.04 Å². The number of carbonyl (C=O) groups excluding carboxylic acids is 3. The van der Waals surface area contributed by atoms with E-state index in [1.54, 1.807) is 24.3 Å². The molecular formula is C13H12N2O4S. The highest BCUT2D eigenvalue weighted by molar-refractivity contribution is 8.00. The van der Waals surface area contributed by atoms with Gasteiger partial charge >= 0.3 is 12.0 Å². The number of imide groups is 1. The Hall–Kier alpha value is -2.02. The molecule has 20 heavy (non-hydrogen) atoms. The van der Waals surface area contributed by atoms with E-state index in [2.05, 4.69) is 4.74 Å². The van der Waals surface area contributed by atoms with Gasteiger partial charge in [-0.25, -0.2) is 14.5 Å². The topological polar surface area (TPSA) is 66.9 Å². The lowest BCUT2D eigenvalue weighted by Gasteiger charge is -2.20. The third kappa shape index (κ3) is 1.77. The maximum Gasteiger partial charge on any atom is 0.339 e. The Kier molecular flexibility index (Phi) is 3.13. The number of methoxy groups -OCH3 is 1. The maximum absolute atomic E-state index is 12.4. The van der Waals surface area contributed by atoms with Crippen molar-refractivity contribution in [2.24, 2.45) is 0 Å². The highest BCUT2D eigenvalue weighted by atomic mass is 32.2. The van der Waals surface area contributed by atoms with Crippen molar-refractivity contribution in [1.29, 1.82) is 0 Å². The van der Waals surface area contributed by atoms with Crippen molar-refractivity contribution < 1.29 is 19.1 Å². The second-order valence-electron chi connectivity index (χ2n) is 4.42. The molecule has 104 valence electrons. The molecule has 2 heterocycles. The van der Waals surface area contributed by atoms with Crippen LogP contribution in [0.25, 0.3) is 0 Å². The van der Waals surface area contributed by atoms with Crippen molar-refractivity contribution in [3.05, 3.63) is 30.3 Å². The second-order valence-corrected chi connectivity index (χ2v) is 5.54. The highest BCUT2D eigenvalue weighted by Gasteiger charge is 2.55. The number of hydrogen-bond donors (Lipinski definition) is 0. The van der Waals surface area contributed by atoms with Gasteiger partial charge in [0.2, 0.25) is 0 Å². The summed E-state index contributed by atoms with van der Waals surface area (Å²) < 4.78 is 4.68. The maximum atomic E-state index is 12.4. The molecule has 0 unspecified atom stereocenters. The number of para-hydroxylation sites is 1. The Labute approximate surface area is 119 Å². The van der Waals surface area contributed by atoms with E-state index in [1.807, 2.05) is 6.07 Å². The summed E-state index contributed by atoms with van der Waals surface area (Å²) in [6, 6.07) is 7.65. The molecule has 0 saturated carbocycles. The normalized spacial score (nSPS) is 25.1. The first kappa shape index (κ1) is 13.0. The molecule has 0 N–H and O–H groups in total. The molecule has 0 radical (unpaired) electrons. The molecule has 2 atom stereocenters. The molecule has 7 heteroatoms. The number of fused-ring (bicyclic) bond motifs is 1. The van der Waals surface area contributed by atoms with Crippen LogP contribution in [0.1, 0.15) is 0 Å². The predicted octanol–water partition coefficient (Wildman–Crippen LogP) is 1.07. The number of nitrogens with zero attached hydrogens (tertiary/aromatic N) is 2. The summed E-state index contributed by atoms with van der Waals surface area (Å²) in [4.78, 5) is 38.9. The number of esters is 1. The largest absolute Gasteiger partial charge is 0.467 e. The molecule has 1 aromatic carbocycles. The summed E-state index contributed by atoms with van der Waals surface area (Å²) >= 11 is 1.25. The molecule has 2 fully saturated rings. The third-order valence-electron chi connectivity index (χ3n) is 3.34. The van der Waals surface area contributed by atoms with Crippen molar-refractivity contribution in [3.63, 3.8) is 0 Å². The number of anilines is 1. The number of thioether (sulfide) groups is 1.